The Morgan fingerprint density at radius 3 is 3.10 bits per heavy atom. The van der Waals surface area contributed by atoms with Crippen LogP contribution in [0.4, 0.5) is 11.5 Å². The molecule has 1 aliphatic rings. The van der Waals surface area contributed by atoms with Crippen LogP contribution in [0.3, 0.4) is 0 Å². The van der Waals surface area contributed by atoms with Crippen molar-refractivity contribution < 1.29 is 14.5 Å². The molecule has 2 heterocycles. The lowest BCUT2D eigenvalue weighted by Crippen LogP contribution is -2.56. The lowest BCUT2D eigenvalue weighted by molar-refractivity contribution is -0.384. The van der Waals surface area contributed by atoms with Gasteiger partial charge in [-0.25, -0.2) is 9.78 Å². The number of carbonyl (C=O) groups is 1. The molecule has 1 atom stereocenters. The van der Waals surface area contributed by atoms with Crippen molar-refractivity contribution in [3.63, 3.8) is 0 Å². The molecule has 0 bridgehead atoms. The fourth-order valence-electron chi connectivity index (χ4n) is 2.31. The molecule has 21 heavy (non-hydrogen) atoms. The lowest BCUT2D eigenvalue weighted by Gasteiger charge is -2.34. The van der Waals surface area contributed by atoms with Crippen LogP contribution in [-0.4, -0.2) is 48.2 Å². The number of hydrogen-bond acceptors (Lipinski definition) is 7. The first kappa shape index (κ1) is 15.2. The number of hydrogen-bond donors (Lipinski definition) is 1. The van der Waals surface area contributed by atoms with Crippen LogP contribution in [0.1, 0.15) is 12.5 Å². The van der Waals surface area contributed by atoms with Gasteiger partial charge >= 0.3 is 11.7 Å². The number of nitro groups is 1. The molecule has 1 aromatic heterocycles. The summed E-state index contributed by atoms with van der Waals surface area (Å²) in [6.07, 6.45) is 1.56. The number of ether oxygens (including phenoxy) is 1. The third kappa shape index (κ3) is 3.27. The maximum absolute atomic E-state index is 12.0. The lowest BCUT2D eigenvalue weighted by atomic mass is 10.1. The minimum atomic E-state index is -0.604. The number of esters is 1. The van der Waals surface area contributed by atoms with Gasteiger partial charge in [-0.1, -0.05) is 0 Å². The molecule has 0 spiro atoms. The molecule has 0 radical (unpaired) electrons. The highest BCUT2D eigenvalue weighted by atomic mass is 16.6. The molecule has 1 unspecified atom stereocenters. The highest BCUT2D eigenvalue weighted by Gasteiger charge is 2.34. The van der Waals surface area contributed by atoms with Crippen LogP contribution in [0.25, 0.3) is 0 Å². The molecule has 2 rings (SSSR count). The number of pyridine rings is 1. The quantitative estimate of drug-likeness (QED) is 0.494. The fraction of sp³-hybridized carbons (Fsp3) is 0.538. The maximum Gasteiger partial charge on any atom is 0.330 e. The maximum atomic E-state index is 12.0. The molecule has 1 N–H and O–H groups in total. The van der Waals surface area contributed by atoms with E-state index in [2.05, 4.69) is 10.3 Å². The number of rotatable bonds is 4. The van der Waals surface area contributed by atoms with Crippen molar-refractivity contribution in [1.29, 1.82) is 0 Å². The van der Waals surface area contributed by atoms with Crippen molar-refractivity contribution in [2.24, 2.45) is 0 Å². The van der Waals surface area contributed by atoms with E-state index in [9.17, 15) is 14.9 Å². The van der Waals surface area contributed by atoms with E-state index < -0.39 is 16.9 Å². The van der Waals surface area contributed by atoms with Gasteiger partial charge in [0.15, 0.2) is 0 Å². The number of aryl methyl sites for hydroxylation is 1. The van der Waals surface area contributed by atoms with Gasteiger partial charge in [-0.2, -0.15) is 0 Å². The van der Waals surface area contributed by atoms with Gasteiger partial charge in [0.25, 0.3) is 0 Å². The summed E-state index contributed by atoms with van der Waals surface area (Å²) < 4.78 is 5.04. The topological polar surface area (TPSA) is 97.6 Å². The molecule has 8 heteroatoms. The number of nitrogens with zero attached hydrogens (tertiary/aromatic N) is 3. The molecule has 0 aromatic carbocycles. The van der Waals surface area contributed by atoms with Gasteiger partial charge in [-0.05, 0) is 19.4 Å². The number of nitrogens with one attached hydrogen (secondary N) is 1. The number of piperazine rings is 1. The van der Waals surface area contributed by atoms with Crippen molar-refractivity contribution in [3.05, 3.63) is 27.9 Å². The van der Waals surface area contributed by atoms with E-state index in [-0.39, 0.29) is 18.1 Å². The molecule has 1 aromatic rings. The van der Waals surface area contributed by atoms with Gasteiger partial charge < -0.3 is 15.0 Å². The number of anilines is 1. The number of aromatic nitrogens is 1. The van der Waals surface area contributed by atoms with E-state index in [1.54, 1.807) is 24.9 Å². The third-order valence-electron chi connectivity index (χ3n) is 3.25. The smallest absolute Gasteiger partial charge is 0.330 e. The first-order chi connectivity index (χ1) is 10.0. The Bertz CT molecular complexity index is 549. The second kappa shape index (κ2) is 6.49. The highest BCUT2D eigenvalue weighted by Crippen LogP contribution is 2.28. The summed E-state index contributed by atoms with van der Waals surface area (Å²) in [5.41, 5.74) is 0.611. The predicted molar refractivity (Wildman–Crippen MR) is 76.3 cm³/mol. The first-order valence-electron chi connectivity index (χ1n) is 6.79. The normalized spacial score (nSPS) is 18.4. The van der Waals surface area contributed by atoms with Gasteiger partial charge in [0.2, 0.25) is 5.82 Å². The average Bonchev–Trinajstić information content (AvgIpc) is 2.47. The molecule has 0 aliphatic carbocycles. The molecule has 1 aliphatic heterocycles. The van der Waals surface area contributed by atoms with Crippen molar-refractivity contribution in [3.8, 4) is 0 Å². The highest BCUT2D eigenvalue weighted by molar-refractivity contribution is 5.81. The number of carbonyl (C=O) groups excluding carboxylic acids is 1. The summed E-state index contributed by atoms with van der Waals surface area (Å²) >= 11 is 0. The van der Waals surface area contributed by atoms with Gasteiger partial charge in [-0.3, -0.25) is 10.1 Å². The van der Waals surface area contributed by atoms with Crippen molar-refractivity contribution in [2.45, 2.75) is 19.9 Å². The molecule has 0 saturated carbocycles. The van der Waals surface area contributed by atoms with Crippen LogP contribution >= 0.6 is 0 Å². The Hall–Kier alpha value is -2.22. The van der Waals surface area contributed by atoms with Crippen LogP contribution in [0.2, 0.25) is 0 Å². The van der Waals surface area contributed by atoms with E-state index in [1.807, 2.05) is 0 Å². The van der Waals surface area contributed by atoms with Gasteiger partial charge in [0.1, 0.15) is 6.04 Å². The van der Waals surface area contributed by atoms with E-state index in [0.717, 1.165) is 0 Å². The molecular formula is C13H18N4O4. The van der Waals surface area contributed by atoms with Crippen LogP contribution in [0.5, 0.6) is 0 Å². The minimum Gasteiger partial charge on any atom is -0.464 e. The average molecular weight is 294 g/mol. The summed E-state index contributed by atoms with van der Waals surface area (Å²) in [7, 11) is 0. The van der Waals surface area contributed by atoms with E-state index in [0.29, 0.717) is 25.2 Å². The van der Waals surface area contributed by atoms with Gasteiger partial charge in [-0.15, -0.1) is 0 Å². The molecule has 8 nitrogen and oxygen atoms in total. The van der Waals surface area contributed by atoms with Gasteiger partial charge in [0, 0.05) is 31.9 Å². The fourth-order valence-corrected chi connectivity index (χ4v) is 2.31. The summed E-state index contributed by atoms with van der Waals surface area (Å²) in [4.78, 5) is 28.6. The van der Waals surface area contributed by atoms with Crippen molar-refractivity contribution >= 4 is 17.5 Å². The second-order valence-corrected chi connectivity index (χ2v) is 4.78. The first-order valence-corrected chi connectivity index (χ1v) is 6.79. The Kier molecular flexibility index (Phi) is 4.69. The zero-order valence-corrected chi connectivity index (χ0v) is 12.0. The predicted octanol–water partition coefficient (Wildman–Crippen LogP) is 0.640. The van der Waals surface area contributed by atoms with Crippen LogP contribution < -0.4 is 10.2 Å². The third-order valence-corrected chi connectivity index (χ3v) is 3.25. The second-order valence-electron chi connectivity index (χ2n) is 4.78. The Labute approximate surface area is 122 Å². The van der Waals surface area contributed by atoms with Crippen LogP contribution in [0.15, 0.2) is 12.3 Å². The largest absolute Gasteiger partial charge is 0.464 e. The van der Waals surface area contributed by atoms with Crippen LogP contribution in [0, 0.1) is 17.0 Å². The monoisotopic (exact) mass is 294 g/mol. The molecule has 1 fully saturated rings. The van der Waals surface area contributed by atoms with Crippen LogP contribution in [-0.2, 0) is 9.53 Å². The Morgan fingerprint density at radius 2 is 2.43 bits per heavy atom. The Morgan fingerprint density at radius 1 is 1.67 bits per heavy atom. The standard InChI is InChI=1S/C13H18N4O4/c1-3-21-13(18)11-8-14-4-5-16(11)12-10(17(19)20)6-9(2)7-15-12/h6-7,11,14H,3-5,8H2,1-2H3. The SMILES string of the molecule is CCOC(=O)C1CNCCN1c1ncc(C)cc1[N+](=O)[O-]. The molecule has 0 amide bonds. The summed E-state index contributed by atoms with van der Waals surface area (Å²) in [5.74, 6) is -0.188. The van der Waals surface area contributed by atoms with Crippen molar-refractivity contribution in [2.75, 3.05) is 31.1 Å². The molecule has 114 valence electrons. The summed E-state index contributed by atoms with van der Waals surface area (Å²) in [5, 5.41) is 14.3. The van der Waals surface area contributed by atoms with Crippen molar-refractivity contribution in [1.82, 2.24) is 10.3 Å². The summed E-state index contributed by atoms with van der Waals surface area (Å²) in [6, 6.07) is 0.861. The van der Waals surface area contributed by atoms with E-state index >= 15 is 0 Å². The van der Waals surface area contributed by atoms with Gasteiger partial charge in [0.05, 0.1) is 11.5 Å². The Balaban J connectivity index is 2.37. The zero-order valence-electron chi connectivity index (χ0n) is 12.0. The zero-order chi connectivity index (χ0) is 15.4. The summed E-state index contributed by atoms with van der Waals surface area (Å²) in [6.45, 7) is 5.20. The molecular weight excluding hydrogens is 276 g/mol. The molecule has 1 saturated heterocycles. The van der Waals surface area contributed by atoms with E-state index in [1.165, 1.54) is 6.07 Å². The minimum absolute atomic E-state index is 0.0915. The van der Waals surface area contributed by atoms with E-state index in [4.69, 9.17) is 4.74 Å².